The average Bonchev–Trinajstić information content (AvgIpc) is 2.83. The number of nitrogens with one attached hydrogen (secondary N) is 1. The van der Waals surface area contributed by atoms with Crippen LogP contribution in [0.1, 0.15) is 25.3 Å². The predicted molar refractivity (Wildman–Crippen MR) is 118 cm³/mol. The first kappa shape index (κ1) is 21.0. The highest BCUT2D eigenvalue weighted by Crippen LogP contribution is 2.32. The Kier molecular flexibility index (Phi) is 6.60. The Labute approximate surface area is 182 Å². The SMILES string of the molecule is CCOc1ccccc1CNC(=O)C1CCN(C(=O)N2CCOc3ccccc32)CC1. The number of piperidine rings is 1. The summed E-state index contributed by atoms with van der Waals surface area (Å²) in [7, 11) is 0. The summed E-state index contributed by atoms with van der Waals surface area (Å²) in [6, 6.07) is 15.3. The summed E-state index contributed by atoms with van der Waals surface area (Å²) in [5.41, 5.74) is 1.78. The number of urea groups is 1. The molecular formula is C24H29N3O4. The van der Waals surface area contributed by atoms with E-state index in [-0.39, 0.29) is 17.9 Å². The molecule has 0 spiro atoms. The molecule has 0 saturated carbocycles. The fourth-order valence-electron chi connectivity index (χ4n) is 4.14. The van der Waals surface area contributed by atoms with Crippen LogP contribution in [-0.4, -0.2) is 49.7 Å². The molecule has 0 radical (unpaired) electrons. The van der Waals surface area contributed by atoms with Gasteiger partial charge in [-0.25, -0.2) is 4.79 Å². The summed E-state index contributed by atoms with van der Waals surface area (Å²) >= 11 is 0. The summed E-state index contributed by atoms with van der Waals surface area (Å²) in [5, 5.41) is 3.04. The Bertz CT molecular complexity index is 925. The first-order valence-electron chi connectivity index (χ1n) is 10.9. The number of hydrogen-bond donors (Lipinski definition) is 1. The lowest BCUT2D eigenvalue weighted by Crippen LogP contribution is -2.50. The van der Waals surface area contributed by atoms with Gasteiger partial charge >= 0.3 is 6.03 Å². The standard InChI is InChI=1S/C24H29N3O4/c1-2-30-21-9-5-3-7-19(21)17-25-23(28)18-11-13-26(14-12-18)24(29)27-15-16-31-22-10-6-4-8-20(22)27/h3-10,18H,2,11-17H2,1H3,(H,25,28). The first-order valence-corrected chi connectivity index (χ1v) is 10.9. The van der Waals surface area contributed by atoms with Crippen LogP contribution in [0.2, 0.25) is 0 Å². The molecule has 3 amide bonds. The zero-order chi connectivity index (χ0) is 21.6. The highest BCUT2D eigenvalue weighted by Gasteiger charge is 2.32. The van der Waals surface area contributed by atoms with Gasteiger partial charge in [0.25, 0.3) is 0 Å². The van der Waals surface area contributed by atoms with Gasteiger partial charge in [0, 0.05) is 31.1 Å². The topological polar surface area (TPSA) is 71.1 Å². The summed E-state index contributed by atoms with van der Waals surface area (Å²) in [6.07, 6.45) is 1.33. The monoisotopic (exact) mass is 423 g/mol. The van der Waals surface area contributed by atoms with E-state index in [4.69, 9.17) is 9.47 Å². The Morgan fingerprint density at radius 2 is 1.81 bits per heavy atom. The van der Waals surface area contributed by atoms with Crippen molar-refractivity contribution in [2.45, 2.75) is 26.3 Å². The molecule has 7 nitrogen and oxygen atoms in total. The number of nitrogens with zero attached hydrogens (tertiary/aromatic N) is 2. The van der Waals surface area contributed by atoms with Crippen LogP contribution in [0, 0.1) is 5.92 Å². The number of carbonyl (C=O) groups is 2. The molecule has 2 aromatic rings. The lowest BCUT2D eigenvalue weighted by Gasteiger charge is -2.37. The lowest BCUT2D eigenvalue weighted by molar-refractivity contribution is -0.126. The van der Waals surface area contributed by atoms with Crippen LogP contribution in [0.4, 0.5) is 10.5 Å². The van der Waals surface area contributed by atoms with Gasteiger partial charge in [-0.2, -0.15) is 0 Å². The molecule has 1 N–H and O–H groups in total. The van der Waals surface area contributed by atoms with Crippen molar-refractivity contribution >= 4 is 17.6 Å². The Balaban J connectivity index is 1.30. The second kappa shape index (κ2) is 9.73. The molecule has 0 aliphatic carbocycles. The average molecular weight is 424 g/mol. The predicted octanol–water partition coefficient (Wildman–Crippen LogP) is 3.43. The van der Waals surface area contributed by atoms with Crippen LogP contribution in [0.3, 0.4) is 0 Å². The number of anilines is 1. The van der Waals surface area contributed by atoms with Crippen LogP contribution in [0.5, 0.6) is 11.5 Å². The molecule has 0 unspecified atom stereocenters. The van der Waals surface area contributed by atoms with Crippen molar-refractivity contribution in [3.05, 3.63) is 54.1 Å². The van der Waals surface area contributed by atoms with Crippen LogP contribution in [0.25, 0.3) is 0 Å². The molecule has 7 heteroatoms. The second-order valence-corrected chi connectivity index (χ2v) is 7.77. The van der Waals surface area contributed by atoms with Crippen molar-refractivity contribution in [2.24, 2.45) is 5.92 Å². The number of para-hydroxylation sites is 3. The van der Waals surface area contributed by atoms with Crippen molar-refractivity contribution in [2.75, 3.05) is 37.7 Å². The minimum absolute atomic E-state index is 0.0137. The molecule has 0 aromatic heterocycles. The van der Waals surface area contributed by atoms with Crippen molar-refractivity contribution < 1.29 is 19.1 Å². The van der Waals surface area contributed by atoms with E-state index in [0.717, 1.165) is 22.7 Å². The molecule has 164 valence electrons. The molecular weight excluding hydrogens is 394 g/mol. The van der Waals surface area contributed by atoms with Gasteiger partial charge < -0.3 is 19.7 Å². The minimum Gasteiger partial charge on any atom is -0.494 e. The van der Waals surface area contributed by atoms with E-state index in [1.165, 1.54) is 0 Å². The Morgan fingerprint density at radius 3 is 2.61 bits per heavy atom. The smallest absolute Gasteiger partial charge is 0.324 e. The minimum atomic E-state index is -0.0831. The number of amides is 3. The van der Waals surface area contributed by atoms with Crippen molar-refractivity contribution in [1.29, 1.82) is 0 Å². The second-order valence-electron chi connectivity index (χ2n) is 7.77. The molecule has 1 saturated heterocycles. The third-order valence-corrected chi connectivity index (χ3v) is 5.82. The maximum atomic E-state index is 13.1. The molecule has 2 heterocycles. The number of fused-ring (bicyclic) bond motifs is 1. The largest absolute Gasteiger partial charge is 0.494 e. The van der Waals surface area contributed by atoms with Gasteiger partial charge in [0.05, 0.1) is 18.8 Å². The van der Waals surface area contributed by atoms with E-state index >= 15 is 0 Å². The zero-order valence-electron chi connectivity index (χ0n) is 17.9. The normalized spacial score (nSPS) is 16.3. The van der Waals surface area contributed by atoms with E-state index in [2.05, 4.69) is 5.32 Å². The Hall–Kier alpha value is -3.22. The summed E-state index contributed by atoms with van der Waals surface area (Å²) in [4.78, 5) is 29.4. The molecule has 1 fully saturated rings. The number of ether oxygens (including phenoxy) is 2. The summed E-state index contributed by atoms with van der Waals surface area (Å²) < 4.78 is 11.3. The third kappa shape index (κ3) is 4.76. The number of hydrogen-bond acceptors (Lipinski definition) is 4. The zero-order valence-corrected chi connectivity index (χ0v) is 17.9. The number of carbonyl (C=O) groups excluding carboxylic acids is 2. The molecule has 4 rings (SSSR count). The van der Waals surface area contributed by atoms with Gasteiger partial charge in [-0.15, -0.1) is 0 Å². The van der Waals surface area contributed by atoms with E-state index in [1.54, 1.807) is 4.90 Å². The number of likely N-dealkylation sites (tertiary alicyclic amines) is 1. The van der Waals surface area contributed by atoms with Crippen LogP contribution < -0.4 is 19.7 Å². The van der Waals surface area contributed by atoms with Gasteiger partial charge in [-0.1, -0.05) is 30.3 Å². The van der Waals surface area contributed by atoms with E-state index in [9.17, 15) is 9.59 Å². The van der Waals surface area contributed by atoms with Crippen molar-refractivity contribution in [3.8, 4) is 11.5 Å². The highest BCUT2D eigenvalue weighted by molar-refractivity contribution is 5.94. The molecule has 0 bridgehead atoms. The third-order valence-electron chi connectivity index (χ3n) is 5.82. The van der Waals surface area contributed by atoms with E-state index in [1.807, 2.05) is 60.4 Å². The maximum absolute atomic E-state index is 13.1. The Morgan fingerprint density at radius 1 is 1.06 bits per heavy atom. The van der Waals surface area contributed by atoms with E-state index < -0.39 is 0 Å². The fraction of sp³-hybridized carbons (Fsp3) is 0.417. The van der Waals surface area contributed by atoms with Crippen molar-refractivity contribution in [1.82, 2.24) is 10.2 Å². The molecule has 31 heavy (non-hydrogen) atoms. The fourth-order valence-corrected chi connectivity index (χ4v) is 4.14. The maximum Gasteiger partial charge on any atom is 0.324 e. The van der Waals surface area contributed by atoms with Crippen LogP contribution in [0.15, 0.2) is 48.5 Å². The lowest BCUT2D eigenvalue weighted by atomic mass is 9.96. The molecule has 2 aliphatic rings. The van der Waals surface area contributed by atoms with Gasteiger partial charge in [0.1, 0.15) is 18.1 Å². The molecule has 0 atom stereocenters. The van der Waals surface area contributed by atoms with Crippen LogP contribution >= 0.6 is 0 Å². The number of benzene rings is 2. The van der Waals surface area contributed by atoms with Gasteiger partial charge in [-0.05, 0) is 38.0 Å². The quantitative estimate of drug-likeness (QED) is 0.800. The number of rotatable bonds is 5. The first-order chi connectivity index (χ1) is 15.2. The molecule has 2 aliphatic heterocycles. The van der Waals surface area contributed by atoms with Crippen molar-refractivity contribution in [3.63, 3.8) is 0 Å². The summed E-state index contributed by atoms with van der Waals surface area (Å²) in [5.74, 6) is 1.50. The van der Waals surface area contributed by atoms with Gasteiger partial charge in [0.15, 0.2) is 0 Å². The molecule has 2 aromatic carbocycles. The van der Waals surface area contributed by atoms with E-state index in [0.29, 0.717) is 52.2 Å². The van der Waals surface area contributed by atoms with Gasteiger partial charge in [-0.3, -0.25) is 9.69 Å². The van der Waals surface area contributed by atoms with Crippen LogP contribution in [-0.2, 0) is 11.3 Å². The van der Waals surface area contributed by atoms with Gasteiger partial charge in [0.2, 0.25) is 5.91 Å². The highest BCUT2D eigenvalue weighted by atomic mass is 16.5. The summed E-state index contributed by atoms with van der Waals surface area (Å²) in [6.45, 7) is 5.15.